The minimum atomic E-state index is -0.821. The zero-order valence-electron chi connectivity index (χ0n) is 7.53. The molecule has 9 heteroatoms. The molecule has 0 atom stereocenters. The van der Waals surface area contributed by atoms with E-state index >= 15 is 0 Å². The molecule has 13 heavy (non-hydrogen) atoms. The Labute approximate surface area is 129 Å². The number of carbonyl (C=O) groups excluding carboxylic acids is 4. The summed E-state index contributed by atoms with van der Waals surface area (Å²) in [7, 11) is 0. The van der Waals surface area contributed by atoms with Gasteiger partial charge in [-0.1, -0.05) is 25.3 Å². The molecule has 0 amide bonds. The third kappa shape index (κ3) is 68.8. The second-order valence-electron chi connectivity index (χ2n) is 0.814. The molecule has 0 unspecified atom stereocenters. The average molecular weight is 248 g/mol. The van der Waals surface area contributed by atoms with E-state index in [9.17, 15) is 9.59 Å². The van der Waals surface area contributed by atoms with Gasteiger partial charge in [-0.15, -0.1) is 0 Å². The Bertz CT molecular complexity index is 201. The molecule has 2 N–H and O–H groups in total. The second-order valence-corrected chi connectivity index (χ2v) is 1.63. The van der Waals surface area contributed by atoms with Crippen LogP contribution in [-0.2, 0) is 19.2 Å². The Morgan fingerprint density at radius 2 is 1.08 bits per heavy atom. The molecule has 6 nitrogen and oxygen atoms in total. The van der Waals surface area contributed by atoms with Gasteiger partial charge in [0, 0.05) is 0 Å². The third-order valence-corrected chi connectivity index (χ3v) is 0.766. The van der Waals surface area contributed by atoms with E-state index in [0.717, 1.165) is 12.2 Å². The van der Waals surface area contributed by atoms with Crippen molar-refractivity contribution in [3.05, 3.63) is 0 Å². The number of isocyanates is 2. The molecule has 0 bridgehead atoms. The van der Waals surface area contributed by atoms with Gasteiger partial charge in [-0.3, -0.25) is 9.59 Å². The smallest absolute Gasteiger partial charge is 1.00 e. The van der Waals surface area contributed by atoms with Gasteiger partial charge in [0.1, 0.15) is 0 Å². The van der Waals surface area contributed by atoms with Crippen LogP contribution in [0.2, 0.25) is 0 Å². The van der Waals surface area contributed by atoms with Crippen molar-refractivity contribution < 1.29 is 72.0 Å². The van der Waals surface area contributed by atoms with Crippen molar-refractivity contribution in [1.29, 1.82) is 10.8 Å². The summed E-state index contributed by atoms with van der Waals surface area (Å²) in [5.74, 6) is 0. The van der Waals surface area contributed by atoms with Crippen molar-refractivity contribution >= 4 is 47.6 Å². The molecule has 68 valence electrons. The van der Waals surface area contributed by atoms with Crippen molar-refractivity contribution in [2.45, 2.75) is 0 Å². The summed E-state index contributed by atoms with van der Waals surface area (Å²) in [5, 5.41) is 9.16. The molecular formula is C4H5KN2O4S2. The van der Waals surface area contributed by atoms with E-state index in [2.05, 4.69) is 25.3 Å². The van der Waals surface area contributed by atoms with Crippen LogP contribution < -0.4 is 51.4 Å². The van der Waals surface area contributed by atoms with Crippen molar-refractivity contribution in [3.63, 3.8) is 0 Å². The fourth-order valence-corrected chi connectivity index (χ4v) is 0. The van der Waals surface area contributed by atoms with Gasteiger partial charge < -0.3 is 1.43 Å². The SMILES string of the molecule is N=C=O.N=C=O.O=C(S)C(=O)S.[H-].[K+]. The summed E-state index contributed by atoms with van der Waals surface area (Å²) in [5.41, 5.74) is 0. The Hall–Kier alpha value is 0.436. The quantitative estimate of drug-likeness (QED) is 0.129. The predicted octanol–water partition coefficient (Wildman–Crippen LogP) is -3.18. The topological polar surface area (TPSA) is 116 Å². The molecule has 0 aliphatic carbocycles. The first-order valence-electron chi connectivity index (χ1n) is 2.01. The molecule has 0 aromatic carbocycles. The summed E-state index contributed by atoms with van der Waals surface area (Å²) in [6.07, 6.45) is 1.50. The fourth-order valence-electron chi connectivity index (χ4n) is 0. The summed E-state index contributed by atoms with van der Waals surface area (Å²) >= 11 is 6.26. The maximum atomic E-state index is 9.58. The van der Waals surface area contributed by atoms with E-state index in [-0.39, 0.29) is 52.8 Å². The minimum Gasteiger partial charge on any atom is -1.00 e. The monoisotopic (exact) mass is 248 g/mol. The molecule has 0 aromatic rings. The molecule has 0 saturated heterocycles. The van der Waals surface area contributed by atoms with Gasteiger partial charge in [0.2, 0.25) is 12.2 Å². The van der Waals surface area contributed by atoms with Crippen LogP contribution in [0.25, 0.3) is 0 Å². The first-order chi connectivity index (χ1) is 5.47. The number of rotatable bonds is 1. The van der Waals surface area contributed by atoms with Gasteiger partial charge in [-0.2, -0.15) is 0 Å². The van der Waals surface area contributed by atoms with Crippen molar-refractivity contribution in [2.75, 3.05) is 0 Å². The van der Waals surface area contributed by atoms with Gasteiger partial charge >= 0.3 is 51.4 Å². The van der Waals surface area contributed by atoms with Crippen LogP contribution in [-0.4, -0.2) is 22.4 Å². The predicted molar refractivity (Wildman–Crippen MR) is 45.9 cm³/mol. The van der Waals surface area contributed by atoms with E-state index in [4.69, 9.17) is 20.4 Å². The summed E-state index contributed by atoms with van der Waals surface area (Å²) in [6.45, 7) is 0. The van der Waals surface area contributed by atoms with Gasteiger partial charge in [-0.25, -0.2) is 20.4 Å². The number of hydrogen-bond acceptors (Lipinski definition) is 6. The Morgan fingerprint density at radius 3 is 1.08 bits per heavy atom. The molecule has 0 radical (unpaired) electrons. The van der Waals surface area contributed by atoms with Crippen molar-refractivity contribution in [3.8, 4) is 0 Å². The number of nitrogens with one attached hydrogen (secondary N) is 2. The molecule has 0 saturated carbocycles. The maximum absolute atomic E-state index is 9.58. The molecule has 0 heterocycles. The van der Waals surface area contributed by atoms with Gasteiger partial charge in [0.05, 0.1) is 0 Å². The third-order valence-electron chi connectivity index (χ3n) is 0.183. The summed E-state index contributed by atoms with van der Waals surface area (Å²) in [6, 6.07) is 0. The largest absolute Gasteiger partial charge is 1.00 e. The van der Waals surface area contributed by atoms with Gasteiger partial charge in [-0.05, 0) is 0 Å². The fraction of sp³-hybridized carbons (Fsp3) is 0. The minimum absolute atomic E-state index is 0. The zero-order chi connectivity index (χ0) is 10.6. The second kappa shape index (κ2) is 22.9. The first kappa shape index (κ1) is 23.3. The number of hydrogen-bond donors (Lipinski definition) is 4. The van der Waals surface area contributed by atoms with Crippen LogP contribution in [0.1, 0.15) is 1.43 Å². The van der Waals surface area contributed by atoms with Crippen LogP contribution >= 0.6 is 25.3 Å². The zero-order valence-corrected chi connectivity index (χ0v) is 11.4. The van der Waals surface area contributed by atoms with E-state index in [1.54, 1.807) is 0 Å². The number of thiol groups is 2. The molecule has 0 spiro atoms. The standard InChI is InChI=1S/C2H2O2S2.2CHNO.K.H/c3-1(5)2(4)6;2*2-1-3;;/h(H,3,5)(H,4,6);2*2H;;/q;;;+1;-1. The first-order valence-corrected chi connectivity index (χ1v) is 2.91. The molecule has 0 aliphatic heterocycles. The van der Waals surface area contributed by atoms with E-state index in [1.807, 2.05) is 0 Å². The normalized spacial score (nSPS) is 4.77. The van der Waals surface area contributed by atoms with E-state index < -0.39 is 10.2 Å². The van der Waals surface area contributed by atoms with Crippen LogP contribution in [0.15, 0.2) is 0 Å². The average Bonchev–Trinajstić information content (AvgIpc) is 1.90. The van der Waals surface area contributed by atoms with Crippen LogP contribution in [0.5, 0.6) is 0 Å². The summed E-state index contributed by atoms with van der Waals surface area (Å²) < 4.78 is 0. The molecule has 0 rings (SSSR count). The van der Waals surface area contributed by atoms with E-state index in [0.29, 0.717) is 0 Å². The Morgan fingerprint density at radius 1 is 1.00 bits per heavy atom. The van der Waals surface area contributed by atoms with Crippen LogP contribution in [0, 0.1) is 10.8 Å². The van der Waals surface area contributed by atoms with Crippen LogP contribution in [0.3, 0.4) is 0 Å². The molecule has 0 fully saturated rings. The van der Waals surface area contributed by atoms with Crippen molar-refractivity contribution in [2.24, 2.45) is 0 Å². The summed E-state index contributed by atoms with van der Waals surface area (Å²) in [4.78, 5) is 35.9. The maximum Gasteiger partial charge on any atom is 1.00 e. The van der Waals surface area contributed by atoms with Crippen LogP contribution in [0.4, 0.5) is 0 Å². The van der Waals surface area contributed by atoms with E-state index in [1.165, 1.54) is 0 Å². The van der Waals surface area contributed by atoms with Crippen molar-refractivity contribution in [1.82, 2.24) is 0 Å². The molecular weight excluding hydrogens is 243 g/mol. The molecule has 0 aliphatic rings. The Balaban J connectivity index is -0.0000000297. The van der Waals surface area contributed by atoms with Gasteiger partial charge in [0.15, 0.2) is 0 Å². The number of carbonyl (C=O) groups is 2. The Kier molecular flexibility index (Phi) is 41.0. The van der Waals surface area contributed by atoms with Gasteiger partial charge in [0.25, 0.3) is 10.2 Å². The molecule has 0 aromatic heterocycles.